The third-order valence-corrected chi connectivity index (χ3v) is 17.0. The summed E-state index contributed by atoms with van der Waals surface area (Å²) in [6.07, 6.45) is 46.0. The van der Waals surface area contributed by atoms with E-state index in [1.54, 1.807) is 0 Å². The molecule has 0 saturated heterocycles. The minimum atomic E-state index is -4.94. The van der Waals surface area contributed by atoms with E-state index in [2.05, 4.69) is 27.7 Å². The van der Waals surface area contributed by atoms with E-state index in [1.165, 1.54) is 161 Å². The van der Waals surface area contributed by atoms with E-state index in [0.29, 0.717) is 25.7 Å². The minimum Gasteiger partial charge on any atom is -0.462 e. The molecule has 17 nitrogen and oxygen atoms in total. The molecule has 0 aliphatic heterocycles. The fourth-order valence-electron chi connectivity index (χ4n) is 9.81. The van der Waals surface area contributed by atoms with Gasteiger partial charge in [-0.05, 0) is 25.7 Å². The fourth-order valence-corrected chi connectivity index (χ4v) is 11.4. The number of unbranched alkanes of at least 4 members (excludes halogenated alkanes) is 40. The highest BCUT2D eigenvalue weighted by molar-refractivity contribution is 7.47. The summed E-state index contributed by atoms with van der Waals surface area (Å²) in [7, 11) is -9.88. The van der Waals surface area contributed by atoms with Crippen LogP contribution in [0.3, 0.4) is 0 Å². The van der Waals surface area contributed by atoms with Crippen molar-refractivity contribution < 1.29 is 80.2 Å². The van der Waals surface area contributed by atoms with Gasteiger partial charge in [0, 0.05) is 25.7 Å². The lowest BCUT2D eigenvalue weighted by atomic mass is 10.0. The van der Waals surface area contributed by atoms with Crippen molar-refractivity contribution in [3.8, 4) is 0 Å². The molecule has 0 aliphatic rings. The average molecular weight is 1240 g/mol. The van der Waals surface area contributed by atoms with Crippen LogP contribution in [0.15, 0.2) is 0 Å². The Balaban J connectivity index is 5.16. The molecular weight excluding hydrogens is 1110 g/mol. The number of aliphatic hydroxyl groups is 1. The molecule has 0 aliphatic carbocycles. The zero-order valence-corrected chi connectivity index (χ0v) is 55.7. The van der Waals surface area contributed by atoms with E-state index in [4.69, 9.17) is 37.0 Å². The van der Waals surface area contributed by atoms with Gasteiger partial charge in [-0.1, -0.05) is 285 Å². The zero-order valence-electron chi connectivity index (χ0n) is 53.9. The highest BCUT2D eigenvalue weighted by atomic mass is 31.2. The molecule has 3 N–H and O–H groups in total. The molecule has 0 fully saturated rings. The first-order valence-electron chi connectivity index (χ1n) is 34.3. The number of phosphoric acid groups is 2. The Kier molecular flexibility index (Phi) is 58.6. The summed E-state index contributed by atoms with van der Waals surface area (Å²) in [5, 5.41) is 10.5. The number of aliphatic hydroxyl groups excluding tert-OH is 1. The second kappa shape index (κ2) is 60.0. The van der Waals surface area contributed by atoms with Gasteiger partial charge in [0.25, 0.3) is 0 Å². The maximum Gasteiger partial charge on any atom is 0.472 e. The molecule has 19 heteroatoms. The standard InChI is InChI=1S/C65H126O17P2/c1-5-9-13-17-20-23-26-29-32-35-38-42-46-50-63(68)76-56-61(82-65(70)52-48-44-40-37-34-31-28-25-22-19-15-11-7-3)58-80-84(73,74)78-54-59(66)53-77-83(71,72)79-57-60(55-75-62(67)49-45-41-16-12-8-4)81-64(69)51-47-43-39-36-33-30-27-24-21-18-14-10-6-2/h59-61,66H,5-58H2,1-4H3,(H,71,72)(H,73,74)/t59-,60+,61+/m0/s1. The van der Waals surface area contributed by atoms with Crippen LogP contribution in [0.2, 0.25) is 0 Å². The number of phosphoric ester groups is 2. The SMILES string of the molecule is CCCCCCCCCCCCCCCC(=O)OC[C@H](COP(=O)(O)OC[C@@H](O)COP(=O)(O)OC[C@@H](COC(=O)CCCCCCC)OC(=O)CCCCCCCCCCCCCCC)OC(=O)CCCCCCCCCCCCCCC. The summed E-state index contributed by atoms with van der Waals surface area (Å²) < 4.78 is 67.9. The van der Waals surface area contributed by atoms with Crippen LogP contribution in [-0.2, 0) is 65.4 Å². The maximum atomic E-state index is 13.0. The van der Waals surface area contributed by atoms with E-state index < -0.39 is 97.5 Å². The van der Waals surface area contributed by atoms with Crippen molar-refractivity contribution in [3.05, 3.63) is 0 Å². The Morgan fingerprint density at radius 1 is 0.286 bits per heavy atom. The van der Waals surface area contributed by atoms with E-state index in [0.717, 1.165) is 96.3 Å². The van der Waals surface area contributed by atoms with E-state index in [1.807, 2.05) is 0 Å². The Labute approximate surface area is 511 Å². The van der Waals surface area contributed by atoms with Crippen LogP contribution in [0.1, 0.15) is 336 Å². The molecular formula is C65H126O17P2. The Bertz CT molecular complexity index is 1620. The van der Waals surface area contributed by atoms with E-state index in [9.17, 15) is 43.2 Å². The van der Waals surface area contributed by atoms with Gasteiger partial charge >= 0.3 is 39.5 Å². The number of esters is 4. The van der Waals surface area contributed by atoms with Crippen molar-refractivity contribution in [2.45, 2.75) is 354 Å². The normalized spacial score (nSPS) is 14.1. The highest BCUT2D eigenvalue weighted by Crippen LogP contribution is 2.45. The summed E-state index contributed by atoms with van der Waals surface area (Å²) in [5.74, 6) is -2.14. The van der Waals surface area contributed by atoms with Gasteiger partial charge in [-0.15, -0.1) is 0 Å². The minimum absolute atomic E-state index is 0.107. The largest absolute Gasteiger partial charge is 0.472 e. The van der Waals surface area contributed by atoms with Crippen molar-refractivity contribution in [2.24, 2.45) is 0 Å². The Morgan fingerprint density at radius 2 is 0.476 bits per heavy atom. The van der Waals surface area contributed by atoms with Gasteiger partial charge in [0.05, 0.1) is 26.4 Å². The highest BCUT2D eigenvalue weighted by Gasteiger charge is 2.30. The molecule has 5 atom stereocenters. The molecule has 0 aromatic rings. The van der Waals surface area contributed by atoms with Crippen molar-refractivity contribution in [3.63, 3.8) is 0 Å². The average Bonchev–Trinajstić information content (AvgIpc) is 3.50. The molecule has 0 amide bonds. The molecule has 0 heterocycles. The van der Waals surface area contributed by atoms with Gasteiger partial charge in [0.15, 0.2) is 12.2 Å². The van der Waals surface area contributed by atoms with Crippen molar-refractivity contribution in [1.29, 1.82) is 0 Å². The van der Waals surface area contributed by atoms with Crippen molar-refractivity contribution in [1.82, 2.24) is 0 Å². The summed E-state index contributed by atoms with van der Waals surface area (Å²) in [6, 6.07) is 0. The number of ether oxygens (including phenoxy) is 4. The molecule has 0 saturated carbocycles. The molecule has 84 heavy (non-hydrogen) atoms. The van der Waals surface area contributed by atoms with Crippen molar-refractivity contribution >= 4 is 39.5 Å². The number of carbonyl (C=O) groups excluding carboxylic acids is 4. The quantitative estimate of drug-likeness (QED) is 0.0222. The first-order valence-corrected chi connectivity index (χ1v) is 37.3. The first-order chi connectivity index (χ1) is 40.7. The summed E-state index contributed by atoms with van der Waals surface area (Å²) in [5.41, 5.74) is 0. The predicted molar refractivity (Wildman–Crippen MR) is 335 cm³/mol. The van der Waals surface area contributed by atoms with Gasteiger partial charge in [0.1, 0.15) is 19.3 Å². The van der Waals surface area contributed by atoms with Crippen LogP contribution in [0.25, 0.3) is 0 Å². The predicted octanol–water partition coefficient (Wildman–Crippen LogP) is 18.3. The van der Waals surface area contributed by atoms with Gasteiger partial charge in [-0.25, -0.2) is 9.13 Å². The smallest absolute Gasteiger partial charge is 0.462 e. The third kappa shape index (κ3) is 59.0. The third-order valence-electron chi connectivity index (χ3n) is 15.1. The van der Waals surface area contributed by atoms with Crippen LogP contribution >= 0.6 is 15.6 Å². The molecule has 0 rings (SSSR count). The fraction of sp³-hybridized carbons (Fsp3) is 0.938. The molecule has 0 spiro atoms. The van der Waals surface area contributed by atoms with Crippen LogP contribution in [0.4, 0.5) is 0 Å². The lowest BCUT2D eigenvalue weighted by molar-refractivity contribution is -0.161. The first kappa shape index (κ1) is 82.1. The van der Waals surface area contributed by atoms with Gasteiger partial charge in [-0.3, -0.25) is 37.3 Å². The molecule has 0 aromatic heterocycles. The van der Waals surface area contributed by atoms with Crippen LogP contribution < -0.4 is 0 Å². The van der Waals surface area contributed by atoms with Gasteiger partial charge < -0.3 is 33.8 Å². The Morgan fingerprint density at radius 3 is 0.702 bits per heavy atom. The number of hydrogen-bond donors (Lipinski definition) is 3. The van der Waals surface area contributed by atoms with Gasteiger partial charge in [-0.2, -0.15) is 0 Å². The number of hydrogen-bond acceptors (Lipinski definition) is 15. The second-order valence-corrected chi connectivity index (χ2v) is 26.4. The molecule has 0 radical (unpaired) electrons. The lowest BCUT2D eigenvalue weighted by Gasteiger charge is -2.21. The van der Waals surface area contributed by atoms with Gasteiger partial charge in [0.2, 0.25) is 0 Å². The van der Waals surface area contributed by atoms with Crippen LogP contribution in [0, 0.1) is 0 Å². The molecule has 498 valence electrons. The van der Waals surface area contributed by atoms with Crippen LogP contribution in [0.5, 0.6) is 0 Å². The monoisotopic (exact) mass is 1240 g/mol. The molecule has 0 aromatic carbocycles. The number of rotatable bonds is 66. The number of carbonyl (C=O) groups is 4. The summed E-state index contributed by atoms with van der Waals surface area (Å²) in [6.45, 7) is 4.83. The molecule has 0 bridgehead atoms. The zero-order chi connectivity index (χ0) is 61.9. The topological polar surface area (TPSA) is 237 Å². The molecule has 2 unspecified atom stereocenters. The lowest BCUT2D eigenvalue weighted by Crippen LogP contribution is -2.30. The summed E-state index contributed by atoms with van der Waals surface area (Å²) >= 11 is 0. The summed E-state index contributed by atoms with van der Waals surface area (Å²) in [4.78, 5) is 72.1. The van der Waals surface area contributed by atoms with E-state index >= 15 is 0 Å². The maximum absolute atomic E-state index is 13.0. The second-order valence-electron chi connectivity index (χ2n) is 23.5. The van der Waals surface area contributed by atoms with Crippen LogP contribution in [-0.4, -0.2) is 96.7 Å². The Hall–Kier alpha value is -1.94. The van der Waals surface area contributed by atoms with Crippen molar-refractivity contribution in [2.75, 3.05) is 39.6 Å². The van der Waals surface area contributed by atoms with E-state index in [-0.39, 0.29) is 25.7 Å².